The molecule has 2 aromatic rings. The number of ether oxygens (including phenoxy) is 1. The van der Waals surface area contributed by atoms with Crippen LogP contribution in [0.15, 0.2) is 23.0 Å². The smallest absolute Gasteiger partial charge is 0.277 e. The highest BCUT2D eigenvalue weighted by Gasteiger charge is 2.29. The van der Waals surface area contributed by atoms with Crippen molar-refractivity contribution in [1.29, 1.82) is 0 Å². The molecule has 2 aromatic heterocycles. The third-order valence-corrected chi connectivity index (χ3v) is 3.88. The molecule has 0 spiro atoms. The highest BCUT2D eigenvalue weighted by molar-refractivity contribution is 6.02. The van der Waals surface area contributed by atoms with Crippen LogP contribution in [0.4, 0.5) is 5.69 Å². The van der Waals surface area contributed by atoms with E-state index in [1.807, 2.05) is 10.9 Å². The van der Waals surface area contributed by atoms with Crippen LogP contribution in [0.25, 0.3) is 0 Å². The maximum absolute atomic E-state index is 12.1. The van der Waals surface area contributed by atoms with E-state index in [4.69, 9.17) is 9.26 Å². The fourth-order valence-electron chi connectivity index (χ4n) is 2.48. The fraction of sp³-hybridized carbons (Fsp3) is 0.500. The highest BCUT2D eigenvalue weighted by Crippen LogP contribution is 2.40. The van der Waals surface area contributed by atoms with Crippen molar-refractivity contribution in [2.24, 2.45) is 0 Å². The highest BCUT2D eigenvalue weighted by atomic mass is 16.5. The van der Waals surface area contributed by atoms with Gasteiger partial charge in [-0.05, 0) is 19.3 Å². The molecular formula is C14H16N4O3. The Kier molecular flexibility index (Phi) is 2.99. The van der Waals surface area contributed by atoms with Crippen LogP contribution in [0.5, 0.6) is 0 Å². The Balaban J connectivity index is 1.43. The van der Waals surface area contributed by atoms with Gasteiger partial charge in [0.2, 0.25) is 0 Å². The van der Waals surface area contributed by atoms with Gasteiger partial charge in [-0.15, -0.1) is 0 Å². The van der Waals surface area contributed by atoms with Gasteiger partial charge in [0.05, 0.1) is 24.5 Å². The summed E-state index contributed by atoms with van der Waals surface area (Å²) in [4.78, 5) is 12.1. The number of carbonyl (C=O) groups excluding carboxylic acids is 1. The van der Waals surface area contributed by atoms with Gasteiger partial charge in [0, 0.05) is 24.8 Å². The summed E-state index contributed by atoms with van der Waals surface area (Å²) in [5.74, 6) is 0.982. The Morgan fingerprint density at radius 2 is 2.29 bits per heavy atom. The molecular weight excluding hydrogens is 272 g/mol. The van der Waals surface area contributed by atoms with Crippen LogP contribution in [0.3, 0.4) is 0 Å². The van der Waals surface area contributed by atoms with E-state index in [1.165, 1.54) is 0 Å². The monoisotopic (exact) mass is 288 g/mol. The Morgan fingerprint density at radius 1 is 1.38 bits per heavy atom. The van der Waals surface area contributed by atoms with Gasteiger partial charge in [0.15, 0.2) is 5.69 Å². The lowest BCUT2D eigenvalue weighted by Crippen LogP contribution is -2.12. The van der Waals surface area contributed by atoms with Crippen molar-refractivity contribution in [2.75, 3.05) is 18.5 Å². The van der Waals surface area contributed by atoms with Crippen molar-refractivity contribution >= 4 is 11.6 Å². The first-order valence-electron chi connectivity index (χ1n) is 7.19. The van der Waals surface area contributed by atoms with Gasteiger partial charge in [-0.25, -0.2) is 0 Å². The summed E-state index contributed by atoms with van der Waals surface area (Å²) < 4.78 is 12.4. The maximum atomic E-state index is 12.1. The molecule has 1 aliphatic carbocycles. The lowest BCUT2D eigenvalue weighted by Gasteiger charge is -2.06. The number of hydrogen-bond donors (Lipinski definition) is 1. The van der Waals surface area contributed by atoms with Crippen molar-refractivity contribution < 1.29 is 14.1 Å². The molecule has 7 heteroatoms. The van der Waals surface area contributed by atoms with Crippen LogP contribution in [0, 0.1) is 0 Å². The van der Waals surface area contributed by atoms with Crippen LogP contribution in [-0.4, -0.2) is 34.1 Å². The second kappa shape index (κ2) is 5.00. The first-order chi connectivity index (χ1) is 10.3. The molecule has 1 aliphatic heterocycles. The molecule has 0 radical (unpaired) electrons. The van der Waals surface area contributed by atoms with E-state index < -0.39 is 0 Å². The summed E-state index contributed by atoms with van der Waals surface area (Å²) in [6, 6.07) is 1.98. The molecule has 1 atom stereocenters. The molecule has 21 heavy (non-hydrogen) atoms. The average Bonchev–Trinajstić information content (AvgIpc) is 2.95. The van der Waals surface area contributed by atoms with Crippen molar-refractivity contribution in [2.45, 2.75) is 31.2 Å². The summed E-state index contributed by atoms with van der Waals surface area (Å²) in [6.45, 7) is 1.43. The minimum atomic E-state index is -0.270. The molecule has 1 saturated heterocycles. The largest absolute Gasteiger partial charge is 0.379 e. The summed E-state index contributed by atoms with van der Waals surface area (Å²) in [6.07, 6.45) is 6.64. The molecule has 110 valence electrons. The van der Waals surface area contributed by atoms with E-state index in [0.29, 0.717) is 23.9 Å². The van der Waals surface area contributed by atoms with E-state index in [0.717, 1.165) is 31.6 Å². The van der Waals surface area contributed by atoms with Gasteiger partial charge in [-0.3, -0.25) is 9.48 Å². The maximum Gasteiger partial charge on any atom is 0.277 e. The number of aromatic nitrogens is 3. The van der Waals surface area contributed by atoms with Gasteiger partial charge < -0.3 is 14.6 Å². The zero-order valence-corrected chi connectivity index (χ0v) is 11.5. The van der Waals surface area contributed by atoms with Crippen LogP contribution in [0.1, 0.15) is 47.5 Å². The van der Waals surface area contributed by atoms with E-state index in [-0.39, 0.29) is 11.9 Å². The third kappa shape index (κ3) is 2.56. The summed E-state index contributed by atoms with van der Waals surface area (Å²) in [5.41, 5.74) is 0.969. The van der Waals surface area contributed by atoms with Gasteiger partial charge >= 0.3 is 0 Å². The van der Waals surface area contributed by atoms with Gasteiger partial charge in [-0.2, -0.15) is 5.10 Å². The van der Waals surface area contributed by atoms with Gasteiger partial charge in [0.25, 0.3) is 5.91 Å². The van der Waals surface area contributed by atoms with Crippen LogP contribution in [-0.2, 0) is 4.74 Å². The Hall–Kier alpha value is -2.15. The van der Waals surface area contributed by atoms with E-state index in [1.54, 1.807) is 12.3 Å². The lowest BCUT2D eigenvalue weighted by atomic mass is 10.2. The van der Waals surface area contributed by atoms with Crippen molar-refractivity contribution in [3.63, 3.8) is 0 Å². The SMILES string of the molecule is O=C(Nc1cnn([C@H]2CCOC2)c1)c1cc(C2CC2)on1. The van der Waals surface area contributed by atoms with E-state index >= 15 is 0 Å². The minimum Gasteiger partial charge on any atom is -0.379 e. The molecule has 7 nitrogen and oxygen atoms in total. The quantitative estimate of drug-likeness (QED) is 0.930. The second-order valence-corrected chi connectivity index (χ2v) is 5.57. The van der Waals surface area contributed by atoms with Crippen molar-refractivity contribution in [1.82, 2.24) is 14.9 Å². The molecule has 1 N–H and O–H groups in total. The number of anilines is 1. The number of nitrogens with zero attached hydrogens (tertiary/aromatic N) is 3. The first-order valence-corrected chi connectivity index (χ1v) is 7.19. The summed E-state index contributed by atoms with van der Waals surface area (Å²) in [5, 5.41) is 10.9. The normalized spacial score (nSPS) is 21.6. The zero-order chi connectivity index (χ0) is 14.2. The predicted octanol–water partition coefficient (Wildman–Crippen LogP) is 1.96. The Labute approximate surface area is 121 Å². The minimum absolute atomic E-state index is 0.254. The van der Waals surface area contributed by atoms with Crippen LogP contribution in [0.2, 0.25) is 0 Å². The topological polar surface area (TPSA) is 82.2 Å². The molecule has 2 aliphatic rings. The van der Waals surface area contributed by atoms with Gasteiger partial charge in [-0.1, -0.05) is 5.16 Å². The number of carbonyl (C=O) groups is 1. The fourth-order valence-corrected chi connectivity index (χ4v) is 2.48. The third-order valence-electron chi connectivity index (χ3n) is 3.88. The number of amides is 1. The van der Waals surface area contributed by atoms with E-state index in [9.17, 15) is 4.79 Å². The standard InChI is InChI=1S/C14H16N4O3/c19-14(12-5-13(21-17-12)9-1-2-9)16-10-6-15-18(7-10)11-3-4-20-8-11/h5-7,9,11H,1-4,8H2,(H,16,19)/t11-/m0/s1. The summed E-state index contributed by atoms with van der Waals surface area (Å²) in [7, 11) is 0. The number of rotatable bonds is 4. The molecule has 0 bridgehead atoms. The molecule has 4 rings (SSSR count). The first kappa shape index (κ1) is 12.6. The molecule has 0 aromatic carbocycles. The van der Waals surface area contributed by atoms with Crippen LogP contribution < -0.4 is 5.32 Å². The second-order valence-electron chi connectivity index (χ2n) is 5.57. The predicted molar refractivity (Wildman–Crippen MR) is 73.1 cm³/mol. The van der Waals surface area contributed by atoms with Crippen molar-refractivity contribution in [3.05, 3.63) is 29.9 Å². The molecule has 0 unspecified atom stereocenters. The van der Waals surface area contributed by atoms with Crippen molar-refractivity contribution in [3.8, 4) is 0 Å². The number of nitrogens with one attached hydrogen (secondary N) is 1. The molecule has 3 heterocycles. The lowest BCUT2D eigenvalue weighted by molar-refractivity contribution is 0.101. The number of hydrogen-bond acceptors (Lipinski definition) is 5. The van der Waals surface area contributed by atoms with E-state index in [2.05, 4.69) is 15.6 Å². The average molecular weight is 288 g/mol. The Bertz CT molecular complexity index is 653. The molecule has 2 fully saturated rings. The zero-order valence-electron chi connectivity index (χ0n) is 11.5. The van der Waals surface area contributed by atoms with Gasteiger partial charge in [0.1, 0.15) is 5.76 Å². The Morgan fingerprint density at radius 3 is 3.05 bits per heavy atom. The molecule has 1 saturated carbocycles. The summed E-state index contributed by atoms with van der Waals surface area (Å²) >= 11 is 0. The van der Waals surface area contributed by atoms with Crippen LogP contribution >= 0.6 is 0 Å². The molecule has 1 amide bonds.